The first-order valence-electron chi connectivity index (χ1n) is 6.94. The van der Waals surface area contributed by atoms with Gasteiger partial charge in [-0.05, 0) is 24.7 Å². The highest BCUT2D eigenvalue weighted by molar-refractivity contribution is 7.86. The first-order chi connectivity index (χ1) is 8.06. The predicted octanol–water partition coefficient (Wildman–Crippen LogP) is 3.10. The Morgan fingerprint density at radius 2 is 1.47 bits per heavy atom. The van der Waals surface area contributed by atoms with Gasteiger partial charge in [0.05, 0.1) is 12.4 Å². The molecule has 0 heterocycles. The second-order valence-electron chi connectivity index (χ2n) is 5.69. The molecule has 0 spiro atoms. The maximum atomic E-state index is 11.3. The van der Waals surface area contributed by atoms with Crippen LogP contribution in [-0.2, 0) is 14.3 Å². The maximum Gasteiger partial charge on any atom is 0.264 e. The minimum absolute atomic E-state index is 0.0400. The molecule has 2 rings (SSSR count). The van der Waals surface area contributed by atoms with E-state index in [9.17, 15) is 8.42 Å². The lowest BCUT2D eigenvalue weighted by Crippen LogP contribution is -2.35. The van der Waals surface area contributed by atoms with Gasteiger partial charge in [-0.3, -0.25) is 4.18 Å². The fraction of sp³-hybridized carbons (Fsp3) is 1.00. The van der Waals surface area contributed by atoms with Crippen molar-refractivity contribution >= 4 is 10.1 Å². The van der Waals surface area contributed by atoms with Gasteiger partial charge < -0.3 is 0 Å². The maximum absolute atomic E-state index is 11.3. The van der Waals surface area contributed by atoms with Crippen LogP contribution in [0.5, 0.6) is 0 Å². The van der Waals surface area contributed by atoms with E-state index in [1.54, 1.807) is 0 Å². The molecule has 2 unspecified atom stereocenters. The lowest BCUT2D eigenvalue weighted by atomic mass is 9.72. The number of hydrogen-bond acceptors (Lipinski definition) is 3. The van der Waals surface area contributed by atoms with Gasteiger partial charge in [-0.2, -0.15) is 8.42 Å². The standard InChI is InChI=1S/C13H24O3S/c1-17(14,15)16-13-10-6-5-9-12(13)11-7-3-2-4-8-11/h11-13H,2-10H2,1H3. The number of hydrogen-bond donors (Lipinski definition) is 0. The van der Waals surface area contributed by atoms with Gasteiger partial charge in [0.15, 0.2) is 0 Å². The van der Waals surface area contributed by atoms with E-state index in [0.717, 1.165) is 19.3 Å². The van der Waals surface area contributed by atoms with Gasteiger partial charge in [-0.15, -0.1) is 0 Å². The largest absolute Gasteiger partial charge is 0.267 e. The molecule has 0 N–H and O–H groups in total. The Hall–Kier alpha value is -0.0900. The average Bonchev–Trinajstić information content (AvgIpc) is 2.29. The molecule has 4 heteroatoms. The first kappa shape index (κ1) is 13.3. The SMILES string of the molecule is CS(=O)(=O)OC1CCCCC1C1CCCCC1. The van der Waals surface area contributed by atoms with Crippen molar-refractivity contribution in [2.24, 2.45) is 11.8 Å². The minimum atomic E-state index is -3.30. The lowest BCUT2D eigenvalue weighted by molar-refractivity contribution is 0.0494. The van der Waals surface area contributed by atoms with E-state index in [1.807, 2.05) is 0 Å². The topological polar surface area (TPSA) is 43.4 Å². The van der Waals surface area contributed by atoms with Crippen LogP contribution in [0.1, 0.15) is 57.8 Å². The third-order valence-corrected chi connectivity index (χ3v) is 4.90. The van der Waals surface area contributed by atoms with E-state index >= 15 is 0 Å². The summed E-state index contributed by atoms with van der Waals surface area (Å²) in [6.07, 6.45) is 12.1. The zero-order valence-electron chi connectivity index (χ0n) is 10.7. The van der Waals surface area contributed by atoms with Crippen LogP contribution in [0.2, 0.25) is 0 Å². The summed E-state index contributed by atoms with van der Waals surface area (Å²) in [5, 5.41) is 0. The second-order valence-corrected chi connectivity index (χ2v) is 7.29. The Kier molecular flexibility index (Phi) is 4.47. The predicted molar refractivity (Wildman–Crippen MR) is 68.2 cm³/mol. The highest BCUT2D eigenvalue weighted by atomic mass is 32.2. The Morgan fingerprint density at radius 1 is 0.882 bits per heavy atom. The van der Waals surface area contributed by atoms with Crippen LogP contribution in [-0.4, -0.2) is 20.8 Å². The van der Waals surface area contributed by atoms with Crippen LogP contribution >= 0.6 is 0 Å². The summed E-state index contributed by atoms with van der Waals surface area (Å²) >= 11 is 0. The van der Waals surface area contributed by atoms with Crippen LogP contribution in [0.3, 0.4) is 0 Å². The van der Waals surface area contributed by atoms with Gasteiger partial charge in [-0.1, -0.05) is 44.9 Å². The van der Waals surface area contributed by atoms with E-state index in [4.69, 9.17) is 4.18 Å². The third-order valence-electron chi connectivity index (χ3n) is 4.31. The fourth-order valence-corrected chi connectivity index (χ4v) is 4.26. The zero-order chi connectivity index (χ0) is 12.3. The molecular weight excluding hydrogens is 236 g/mol. The fourth-order valence-electron chi connectivity index (χ4n) is 3.57. The van der Waals surface area contributed by atoms with Crippen molar-refractivity contribution in [3.63, 3.8) is 0 Å². The summed E-state index contributed by atoms with van der Waals surface area (Å²) in [5.41, 5.74) is 0. The van der Waals surface area contributed by atoms with E-state index < -0.39 is 10.1 Å². The molecule has 2 fully saturated rings. The second kappa shape index (κ2) is 5.70. The molecule has 2 aliphatic rings. The highest BCUT2D eigenvalue weighted by Crippen LogP contribution is 2.39. The van der Waals surface area contributed by atoms with Crippen molar-refractivity contribution in [1.29, 1.82) is 0 Å². The third kappa shape index (κ3) is 3.95. The quantitative estimate of drug-likeness (QED) is 0.732. The van der Waals surface area contributed by atoms with Crippen LogP contribution in [0, 0.1) is 11.8 Å². The van der Waals surface area contributed by atoms with Crippen molar-refractivity contribution in [2.45, 2.75) is 63.9 Å². The Balaban J connectivity index is 2.00. The van der Waals surface area contributed by atoms with Gasteiger partial charge in [0.2, 0.25) is 0 Å². The Bertz CT molecular complexity index is 331. The van der Waals surface area contributed by atoms with Crippen LogP contribution in [0.4, 0.5) is 0 Å². The summed E-state index contributed by atoms with van der Waals surface area (Å²) in [6.45, 7) is 0. The van der Waals surface area contributed by atoms with Crippen molar-refractivity contribution in [2.75, 3.05) is 6.26 Å². The number of rotatable bonds is 3. The minimum Gasteiger partial charge on any atom is -0.267 e. The summed E-state index contributed by atoms with van der Waals surface area (Å²) < 4.78 is 27.9. The molecule has 100 valence electrons. The first-order valence-corrected chi connectivity index (χ1v) is 8.76. The van der Waals surface area contributed by atoms with Gasteiger partial charge in [0.25, 0.3) is 10.1 Å². The molecular formula is C13H24O3S. The summed E-state index contributed by atoms with van der Waals surface area (Å²) in [7, 11) is -3.30. The molecule has 0 aromatic rings. The lowest BCUT2D eigenvalue weighted by Gasteiger charge is -2.38. The zero-order valence-corrected chi connectivity index (χ0v) is 11.5. The molecule has 0 aromatic carbocycles. The van der Waals surface area contributed by atoms with Crippen LogP contribution in [0.15, 0.2) is 0 Å². The van der Waals surface area contributed by atoms with E-state index in [0.29, 0.717) is 11.8 Å². The monoisotopic (exact) mass is 260 g/mol. The molecule has 0 radical (unpaired) electrons. The molecule has 2 saturated carbocycles. The highest BCUT2D eigenvalue weighted by Gasteiger charge is 2.34. The van der Waals surface area contributed by atoms with Crippen molar-refractivity contribution < 1.29 is 12.6 Å². The van der Waals surface area contributed by atoms with E-state index in [2.05, 4.69) is 0 Å². The van der Waals surface area contributed by atoms with Gasteiger partial charge in [0, 0.05) is 0 Å². The summed E-state index contributed by atoms with van der Waals surface area (Å²) in [4.78, 5) is 0. The van der Waals surface area contributed by atoms with Crippen molar-refractivity contribution in [3.05, 3.63) is 0 Å². The molecule has 17 heavy (non-hydrogen) atoms. The molecule has 0 aromatic heterocycles. The molecule has 0 bridgehead atoms. The van der Waals surface area contributed by atoms with E-state index in [1.165, 1.54) is 44.8 Å². The van der Waals surface area contributed by atoms with Gasteiger partial charge in [-0.25, -0.2) is 0 Å². The molecule has 0 amide bonds. The summed E-state index contributed by atoms with van der Waals surface area (Å²) in [5.74, 6) is 1.19. The molecule has 2 atom stereocenters. The van der Waals surface area contributed by atoms with Crippen molar-refractivity contribution in [3.8, 4) is 0 Å². The molecule has 3 nitrogen and oxygen atoms in total. The molecule has 0 aliphatic heterocycles. The van der Waals surface area contributed by atoms with Gasteiger partial charge in [0.1, 0.15) is 0 Å². The smallest absolute Gasteiger partial charge is 0.264 e. The van der Waals surface area contributed by atoms with Crippen LogP contribution in [0.25, 0.3) is 0 Å². The normalized spacial score (nSPS) is 32.5. The summed E-state index contributed by atoms with van der Waals surface area (Å²) in [6, 6.07) is 0. The van der Waals surface area contributed by atoms with Crippen molar-refractivity contribution in [1.82, 2.24) is 0 Å². The Labute approximate surface area is 105 Å². The van der Waals surface area contributed by atoms with E-state index in [-0.39, 0.29) is 6.10 Å². The van der Waals surface area contributed by atoms with Crippen LogP contribution < -0.4 is 0 Å². The molecule has 2 aliphatic carbocycles. The average molecular weight is 260 g/mol. The molecule has 0 saturated heterocycles. The Morgan fingerprint density at radius 3 is 2.12 bits per heavy atom. The van der Waals surface area contributed by atoms with Gasteiger partial charge >= 0.3 is 0 Å².